The van der Waals surface area contributed by atoms with Crippen LogP contribution in [0.4, 0.5) is 13.2 Å². The van der Waals surface area contributed by atoms with Gasteiger partial charge in [-0.15, -0.1) is 48.6 Å². The summed E-state index contributed by atoms with van der Waals surface area (Å²) < 4.78 is 42.4. The Kier molecular flexibility index (Phi) is 11.2. The Morgan fingerprint density at radius 3 is 2.39 bits per heavy atom. The van der Waals surface area contributed by atoms with E-state index in [0.717, 1.165) is 19.0 Å². The number of nitrogens with one attached hydrogen (secondary N) is 1. The number of piperidine rings is 1. The molecule has 0 bridgehead atoms. The van der Waals surface area contributed by atoms with Crippen LogP contribution in [0.2, 0.25) is 0 Å². The highest BCUT2D eigenvalue weighted by atomic mass is 35.5. The lowest BCUT2D eigenvalue weighted by molar-refractivity contribution is -0.144. The summed E-state index contributed by atoms with van der Waals surface area (Å²) in [5, 5.41) is 3.40. The highest BCUT2D eigenvalue weighted by Crippen LogP contribution is 2.63. The summed E-state index contributed by atoms with van der Waals surface area (Å²) >= 11 is 1.24. The molecule has 1 saturated carbocycles. The molecule has 3 aromatic rings. The number of hydrogen-bond acceptors (Lipinski definition) is 7. The predicted molar refractivity (Wildman–Crippen MR) is 178 cm³/mol. The molecule has 3 fully saturated rings. The van der Waals surface area contributed by atoms with Crippen molar-refractivity contribution in [2.45, 2.75) is 59.8 Å². The van der Waals surface area contributed by atoms with E-state index in [4.69, 9.17) is 0 Å². The lowest BCUT2D eigenvalue weighted by Gasteiger charge is -2.21. The monoisotopic (exact) mass is 721 g/mol. The number of thiophene rings is 1. The molecule has 1 N–H and O–H groups in total. The third kappa shape index (κ3) is 6.60. The number of aryl methyl sites for hydroxylation is 1. The lowest BCUT2D eigenvalue weighted by atomic mass is 9.99. The predicted octanol–water partition coefficient (Wildman–Crippen LogP) is 6.55. The van der Waals surface area contributed by atoms with Crippen molar-refractivity contribution in [3.05, 3.63) is 46.1 Å². The van der Waals surface area contributed by atoms with E-state index in [2.05, 4.69) is 29.1 Å². The maximum Gasteiger partial charge on any atom is 0.433 e. The first-order valence-electron chi connectivity index (χ1n) is 14.5. The van der Waals surface area contributed by atoms with Crippen molar-refractivity contribution in [3.63, 3.8) is 0 Å². The fraction of sp³-hybridized carbons (Fsp3) is 0.516. The fourth-order valence-corrected chi connectivity index (χ4v) is 7.71. The van der Waals surface area contributed by atoms with E-state index in [0.29, 0.717) is 39.8 Å². The molecule has 1 aliphatic carbocycles. The van der Waals surface area contributed by atoms with E-state index in [1.165, 1.54) is 29.4 Å². The van der Waals surface area contributed by atoms with Crippen LogP contribution < -0.4 is 5.32 Å². The first-order valence-corrected chi connectivity index (χ1v) is 15.3. The number of nitrogens with zero attached hydrogens (tertiary/aromatic N) is 4. The highest BCUT2D eigenvalue weighted by molar-refractivity contribution is 7.19. The van der Waals surface area contributed by atoms with Crippen LogP contribution in [0, 0.1) is 30.1 Å². The van der Waals surface area contributed by atoms with Gasteiger partial charge in [0.25, 0.3) is 5.91 Å². The Bertz CT molecular complexity index is 1640. The molecular formula is C31H37Cl3F3N5O3S. The molecule has 0 aromatic carbocycles. The SMILES string of the molecule is Cc1cc(C(F)(F)F)nc(-c2ccnc3cc(CN4C(=O)C5C(C4=O)C5(C)C)sc23)c1C(=O)N1CC[C@@H](CNC(C)C)C1.Cl.Cl.Cl. The van der Waals surface area contributed by atoms with Gasteiger partial charge in [-0.2, -0.15) is 13.2 Å². The van der Waals surface area contributed by atoms with Crippen molar-refractivity contribution in [1.29, 1.82) is 0 Å². The quantitative estimate of drug-likeness (QED) is 0.278. The number of halogens is 6. The van der Waals surface area contributed by atoms with E-state index >= 15 is 0 Å². The van der Waals surface area contributed by atoms with Crippen LogP contribution >= 0.6 is 48.6 Å². The molecule has 0 spiro atoms. The molecule has 15 heteroatoms. The summed E-state index contributed by atoms with van der Waals surface area (Å²) in [5.74, 6) is -1.10. The summed E-state index contributed by atoms with van der Waals surface area (Å²) in [6.45, 7) is 11.3. The van der Waals surface area contributed by atoms with Gasteiger partial charge in [0.05, 0.1) is 39.9 Å². The number of amides is 3. The number of carbonyl (C=O) groups is 3. The van der Waals surface area contributed by atoms with E-state index in [-0.39, 0.29) is 101 Å². The summed E-state index contributed by atoms with van der Waals surface area (Å²) in [7, 11) is 0. The number of pyridine rings is 2. The Labute approximate surface area is 288 Å². The van der Waals surface area contributed by atoms with Crippen LogP contribution in [0.25, 0.3) is 21.5 Å². The molecule has 5 heterocycles. The molecule has 3 amide bonds. The van der Waals surface area contributed by atoms with Crippen LogP contribution in [-0.4, -0.2) is 63.2 Å². The van der Waals surface area contributed by atoms with Gasteiger partial charge in [0.1, 0.15) is 5.69 Å². The van der Waals surface area contributed by atoms with Gasteiger partial charge in [-0.25, -0.2) is 4.98 Å². The summed E-state index contributed by atoms with van der Waals surface area (Å²) in [6, 6.07) is 4.56. The molecule has 46 heavy (non-hydrogen) atoms. The van der Waals surface area contributed by atoms with Gasteiger partial charge in [-0.05, 0) is 55.0 Å². The average molecular weight is 723 g/mol. The van der Waals surface area contributed by atoms with Crippen molar-refractivity contribution in [1.82, 2.24) is 25.1 Å². The van der Waals surface area contributed by atoms with Crippen LogP contribution in [0.3, 0.4) is 0 Å². The minimum Gasteiger partial charge on any atom is -0.338 e. The topological polar surface area (TPSA) is 95.5 Å². The first kappa shape index (κ1) is 37.9. The standard InChI is InChI=1S/C31H34F3N5O3S.3ClH/c1-15(2)36-12-17-7-9-38(13-17)27(40)22-16(3)10-21(31(32,33)34)37-25(22)19-6-8-35-20-11-18(43-26(19)20)14-39-28(41)23-24(29(39)42)30(23,4)5;;;/h6,8,10-11,15,17,23-24,36H,7,9,12-14H2,1-5H3;3*1H/t17-,23?,24?;;;/m0.../s1. The summed E-state index contributed by atoms with van der Waals surface area (Å²) in [5.41, 5.74) is -0.247. The van der Waals surface area contributed by atoms with Crippen LogP contribution in [0.15, 0.2) is 24.4 Å². The van der Waals surface area contributed by atoms with Gasteiger partial charge >= 0.3 is 6.18 Å². The van der Waals surface area contributed by atoms with E-state index in [9.17, 15) is 27.6 Å². The van der Waals surface area contributed by atoms with Crippen molar-refractivity contribution in [2.75, 3.05) is 19.6 Å². The zero-order valence-corrected chi connectivity index (χ0v) is 29.2. The van der Waals surface area contributed by atoms with Crippen LogP contribution in [0.5, 0.6) is 0 Å². The van der Waals surface area contributed by atoms with Crippen LogP contribution in [0.1, 0.15) is 60.6 Å². The molecule has 2 aliphatic heterocycles. The second-order valence-electron chi connectivity index (χ2n) is 12.8. The van der Waals surface area contributed by atoms with Gasteiger partial charge in [-0.1, -0.05) is 27.7 Å². The molecular weight excluding hydrogens is 686 g/mol. The lowest BCUT2D eigenvalue weighted by Crippen LogP contribution is -2.35. The fourth-order valence-electron chi connectivity index (χ4n) is 6.59. The highest BCUT2D eigenvalue weighted by Gasteiger charge is 2.72. The van der Waals surface area contributed by atoms with Crippen molar-refractivity contribution < 1.29 is 27.6 Å². The molecule has 252 valence electrons. The second-order valence-corrected chi connectivity index (χ2v) is 14.0. The Morgan fingerprint density at radius 1 is 1.13 bits per heavy atom. The molecule has 2 unspecified atom stereocenters. The minimum absolute atomic E-state index is 0. The van der Waals surface area contributed by atoms with Gasteiger partial charge < -0.3 is 10.2 Å². The van der Waals surface area contributed by atoms with Gasteiger partial charge in [0, 0.05) is 35.8 Å². The number of rotatable bonds is 7. The second kappa shape index (κ2) is 13.5. The van der Waals surface area contributed by atoms with Crippen molar-refractivity contribution in [2.24, 2.45) is 23.2 Å². The third-order valence-corrected chi connectivity index (χ3v) is 10.2. The normalized spacial score (nSPS) is 21.6. The van der Waals surface area contributed by atoms with E-state index < -0.39 is 11.9 Å². The number of hydrogen-bond donors (Lipinski definition) is 1. The van der Waals surface area contributed by atoms with Gasteiger partial charge in [0.15, 0.2) is 0 Å². The number of likely N-dealkylation sites (tertiary alicyclic amines) is 2. The number of alkyl halides is 3. The van der Waals surface area contributed by atoms with Crippen LogP contribution in [-0.2, 0) is 22.3 Å². The third-order valence-electron chi connectivity index (χ3n) is 9.03. The Morgan fingerprint density at radius 2 is 1.78 bits per heavy atom. The first-order chi connectivity index (χ1) is 20.2. The average Bonchev–Trinajstić information content (AvgIpc) is 3.34. The summed E-state index contributed by atoms with van der Waals surface area (Å²) in [6.07, 6.45) is -2.43. The smallest absolute Gasteiger partial charge is 0.338 e. The maximum absolute atomic E-state index is 14.0. The molecule has 2 saturated heterocycles. The van der Waals surface area contributed by atoms with Gasteiger partial charge in [-0.3, -0.25) is 24.3 Å². The number of imide groups is 1. The summed E-state index contributed by atoms with van der Waals surface area (Å²) in [4.78, 5) is 51.9. The zero-order valence-electron chi connectivity index (χ0n) is 25.9. The Hall–Kier alpha value is -2.51. The number of aromatic nitrogens is 2. The van der Waals surface area contributed by atoms with E-state index in [1.807, 2.05) is 13.8 Å². The molecule has 3 atom stereocenters. The molecule has 3 aliphatic rings. The minimum atomic E-state index is -4.71. The maximum atomic E-state index is 14.0. The molecule has 8 nitrogen and oxygen atoms in total. The van der Waals surface area contributed by atoms with Crippen molar-refractivity contribution >= 4 is 76.5 Å². The number of carbonyl (C=O) groups excluding carboxylic acids is 3. The molecule has 6 rings (SSSR count). The van der Waals surface area contributed by atoms with E-state index in [1.54, 1.807) is 17.0 Å². The Balaban J connectivity index is 0.00000192. The van der Waals surface area contributed by atoms with Gasteiger partial charge in [0.2, 0.25) is 11.8 Å². The number of fused-ring (bicyclic) bond motifs is 2. The van der Waals surface area contributed by atoms with Crippen molar-refractivity contribution in [3.8, 4) is 11.3 Å². The molecule has 3 aromatic heterocycles. The largest absolute Gasteiger partial charge is 0.433 e. The molecule has 0 radical (unpaired) electrons. The zero-order chi connectivity index (χ0) is 31.0.